The van der Waals surface area contributed by atoms with Crippen molar-refractivity contribution in [2.24, 2.45) is 0 Å². The molecule has 6 nitrogen and oxygen atoms in total. The van der Waals surface area contributed by atoms with E-state index in [4.69, 9.17) is 9.47 Å². The Balaban J connectivity index is 1.27. The summed E-state index contributed by atoms with van der Waals surface area (Å²) in [6.45, 7) is 6.81. The molecule has 3 aromatic rings. The van der Waals surface area contributed by atoms with E-state index in [2.05, 4.69) is 6.92 Å². The molecular formula is C36H44NO5. The van der Waals surface area contributed by atoms with Gasteiger partial charge in [0.25, 0.3) is 0 Å². The van der Waals surface area contributed by atoms with Crippen LogP contribution in [0, 0.1) is 0 Å². The molecule has 1 saturated heterocycles. The highest BCUT2D eigenvalue weighted by Gasteiger charge is 2.52. The van der Waals surface area contributed by atoms with E-state index in [1.807, 2.05) is 38.1 Å². The molecule has 0 unspecified atom stereocenters. The molecule has 6 heteroatoms. The molecule has 4 rings (SSSR count). The Kier molecular flexibility index (Phi) is 10.9. The lowest BCUT2D eigenvalue weighted by atomic mass is 9.89. The molecule has 1 heterocycles. The van der Waals surface area contributed by atoms with E-state index in [1.54, 1.807) is 48.5 Å². The van der Waals surface area contributed by atoms with Gasteiger partial charge in [-0.2, -0.15) is 0 Å². The number of aldehydes is 1. The first-order chi connectivity index (χ1) is 20.3. The highest BCUT2D eigenvalue weighted by molar-refractivity contribution is 5.91. The van der Waals surface area contributed by atoms with Crippen LogP contribution in [0.3, 0.4) is 0 Å². The summed E-state index contributed by atoms with van der Waals surface area (Å²) in [6, 6.07) is 21.5. The first-order valence-electron chi connectivity index (χ1n) is 15.4. The molecule has 0 bridgehead atoms. The molecule has 1 fully saturated rings. The highest BCUT2D eigenvalue weighted by Crippen LogP contribution is 2.51. The third-order valence-electron chi connectivity index (χ3n) is 8.71. The number of hydroxylamine groups is 2. The minimum absolute atomic E-state index is 0.421. The van der Waals surface area contributed by atoms with Crippen LogP contribution in [0.5, 0.6) is 11.5 Å². The standard InChI is InChI=1S/C36H44NO5/c1-4-5-6-7-8-9-10-11-26-41-32-20-14-29(15-21-32)34(39)42-33-22-18-31(19-23-33)36(3)25-24-35(2,37(36)40)30-16-12-28(27-38)13-17-30/h12-23,27H,4-11,24-26H2,1-3H3/t35-,36-/m0/s1. The number of esters is 1. The van der Waals surface area contributed by atoms with Crippen LogP contribution >= 0.6 is 0 Å². The highest BCUT2D eigenvalue weighted by atomic mass is 16.5. The third kappa shape index (κ3) is 7.47. The SMILES string of the molecule is CCCCCCCCCCOc1ccc(C(=O)Oc2ccc([C@]3(C)CC[C@@](C)(c4ccc(C=O)cc4)N3[O])cc2)cc1. The zero-order chi connectivity index (χ0) is 30.0. The van der Waals surface area contributed by atoms with Crippen molar-refractivity contribution in [3.63, 3.8) is 0 Å². The molecule has 42 heavy (non-hydrogen) atoms. The molecule has 0 aliphatic carbocycles. The number of nitrogens with zero attached hydrogens (tertiary/aromatic N) is 1. The summed E-state index contributed by atoms with van der Waals surface area (Å²) in [4.78, 5) is 23.8. The van der Waals surface area contributed by atoms with Gasteiger partial charge in [-0.1, -0.05) is 88.3 Å². The topological polar surface area (TPSA) is 75.7 Å². The number of rotatable bonds is 15. The van der Waals surface area contributed by atoms with Crippen molar-refractivity contribution < 1.29 is 24.3 Å². The van der Waals surface area contributed by atoms with E-state index < -0.39 is 17.0 Å². The van der Waals surface area contributed by atoms with Crippen molar-refractivity contribution in [3.05, 3.63) is 95.1 Å². The molecule has 0 spiro atoms. The second kappa shape index (κ2) is 14.6. The zero-order valence-electron chi connectivity index (χ0n) is 25.3. The fourth-order valence-corrected chi connectivity index (χ4v) is 5.84. The minimum atomic E-state index is -0.731. The Morgan fingerprint density at radius 1 is 0.738 bits per heavy atom. The maximum absolute atomic E-state index is 13.7. The lowest BCUT2D eigenvalue weighted by Crippen LogP contribution is -2.44. The van der Waals surface area contributed by atoms with Gasteiger partial charge in [-0.05, 0) is 80.6 Å². The molecule has 3 aromatic carbocycles. The Hall–Kier alpha value is -3.48. The van der Waals surface area contributed by atoms with Gasteiger partial charge >= 0.3 is 5.97 Å². The average Bonchev–Trinajstić information content (AvgIpc) is 3.26. The Labute approximate surface area is 250 Å². The predicted octanol–water partition coefficient (Wildman–Crippen LogP) is 8.81. The summed E-state index contributed by atoms with van der Waals surface area (Å²) >= 11 is 0. The van der Waals surface area contributed by atoms with Crippen molar-refractivity contribution in [2.45, 2.75) is 96.1 Å². The maximum atomic E-state index is 13.7. The molecule has 0 aromatic heterocycles. The average molecular weight is 571 g/mol. The normalized spacial score (nSPS) is 20.4. The van der Waals surface area contributed by atoms with Crippen molar-refractivity contribution >= 4 is 12.3 Å². The molecule has 0 N–H and O–H groups in total. The second-order valence-corrected chi connectivity index (χ2v) is 11.8. The van der Waals surface area contributed by atoms with Crippen molar-refractivity contribution in [1.82, 2.24) is 5.06 Å². The fraction of sp³-hybridized carbons (Fsp3) is 0.444. The molecule has 223 valence electrons. The predicted molar refractivity (Wildman–Crippen MR) is 164 cm³/mol. The van der Waals surface area contributed by atoms with Gasteiger partial charge in [0.05, 0.1) is 23.2 Å². The van der Waals surface area contributed by atoms with Gasteiger partial charge in [-0.3, -0.25) is 4.79 Å². The smallest absolute Gasteiger partial charge is 0.343 e. The Morgan fingerprint density at radius 2 is 1.24 bits per heavy atom. The van der Waals surface area contributed by atoms with Crippen LogP contribution in [0.1, 0.15) is 117 Å². The number of ether oxygens (including phenoxy) is 2. The van der Waals surface area contributed by atoms with Crippen LogP contribution < -0.4 is 9.47 Å². The van der Waals surface area contributed by atoms with Crippen LogP contribution in [0.4, 0.5) is 0 Å². The van der Waals surface area contributed by atoms with Gasteiger partial charge in [0, 0.05) is 5.56 Å². The van der Waals surface area contributed by atoms with Gasteiger partial charge in [0.15, 0.2) is 0 Å². The zero-order valence-corrected chi connectivity index (χ0v) is 25.3. The fourth-order valence-electron chi connectivity index (χ4n) is 5.84. The Bertz CT molecular complexity index is 1290. The largest absolute Gasteiger partial charge is 0.494 e. The number of carbonyl (C=O) groups excluding carboxylic acids is 2. The van der Waals surface area contributed by atoms with E-state index >= 15 is 0 Å². The molecule has 1 radical (unpaired) electrons. The van der Waals surface area contributed by atoms with Crippen LogP contribution in [0.15, 0.2) is 72.8 Å². The molecular weight excluding hydrogens is 526 g/mol. The summed E-state index contributed by atoms with van der Waals surface area (Å²) in [5, 5.41) is 14.9. The van der Waals surface area contributed by atoms with Crippen molar-refractivity contribution in [1.29, 1.82) is 0 Å². The maximum Gasteiger partial charge on any atom is 0.343 e. The van der Waals surface area contributed by atoms with Crippen molar-refractivity contribution in [3.8, 4) is 11.5 Å². The van der Waals surface area contributed by atoms with E-state index in [1.165, 1.54) is 50.0 Å². The summed E-state index contributed by atoms with van der Waals surface area (Å²) < 4.78 is 11.5. The van der Waals surface area contributed by atoms with Gasteiger partial charge in [0.2, 0.25) is 0 Å². The van der Waals surface area contributed by atoms with Gasteiger partial charge in [-0.15, -0.1) is 10.3 Å². The lowest BCUT2D eigenvalue weighted by molar-refractivity contribution is -0.260. The van der Waals surface area contributed by atoms with E-state index in [9.17, 15) is 14.8 Å². The molecule has 0 amide bonds. The van der Waals surface area contributed by atoms with Crippen molar-refractivity contribution in [2.75, 3.05) is 6.61 Å². The molecule has 1 aliphatic rings. The van der Waals surface area contributed by atoms with E-state index in [-0.39, 0.29) is 0 Å². The number of carbonyl (C=O) groups is 2. The monoisotopic (exact) mass is 570 g/mol. The minimum Gasteiger partial charge on any atom is -0.494 e. The third-order valence-corrected chi connectivity index (χ3v) is 8.71. The second-order valence-electron chi connectivity index (χ2n) is 11.8. The number of unbranched alkanes of at least 4 members (excludes halogenated alkanes) is 7. The first kappa shape index (κ1) is 31.5. The van der Waals surface area contributed by atoms with Gasteiger partial charge in [0.1, 0.15) is 17.8 Å². The summed E-state index contributed by atoms with van der Waals surface area (Å²) in [7, 11) is 0. The van der Waals surface area contributed by atoms with Crippen LogP contribution in [0.25, 0.3) is 0 Å². The molecule has 1 aliphatic heterocycles. The summed E-state index contributed by atoms with van der Waals surface area (Å²) in [5.74, 6) is 0.726. The first-order valence-corrected chi connectivity index (χ1v) is 15.4. The quantitative estimate of drug-likeness (QED) is 0.0790. The van der Waals surface area contributed by atoms with Gasteiger partial charge in [-0.25, -0.2) is 4.79 Å². The molecule has 2 atom stereocenters. The molecule has 0 saturated carbocycles. The van der Waals surface area contributed by atoms with Crippen LogP contribution in [-0.2, 0) is 16.3 Å². The lowest BCUT2D eigenvalue weighted by Gasteiger charge is -2.37. The summed E-state index contributed by atoms with van der Waals surface area (Å²) in [5.41, 5.74) is 1.36. The Morgan fingerprint density at radius 3 is 1.79 bits per heavy atom. The number of hydrogen-bond acceptors (Lipinski definition) is 5. The van der Waals surface area contributed by atoms with Crippen LogP contribution in [-0.4, -0.2) is 23.9 Å². The number of benzene rings is 3. The van der Waals surface area contributed by atoms with Gasteiger partial charge < -0.3 is 9.47 Å². The van der Waals surface area contributed by atoms with E-state index in [0.717, 1.165) is 29.6 Å². The van der Waals surface area contributed by atoms with Crippen LogP contribution in [0.2, 0.25) is 0 Å². The van der Waals surface area contributed by atoms with E-state index in [0.29, 0.717) is 36.3 Å². The summed E-state index contributed by atoms with van der Waals surface area (Å²) in [6.07, 6.45) is 12.2. The number of hydrogen-bond donors (Lipinski definition) is 0.